The summed E-state index contributed by atoms with van der Waals surface area (Å²) in [6.07, 6.45) is -7.29. The lowest BCUT2D eigenvalue weighted by Crippen LogP contribution is -2.36. The second-order valence-corrected chi connectivity index (χ2v) is 4.59. The third-order valence-electron chi connectivity index (χ3n) is 3.21. The van der Waals surface area contributed by atoms with E-state index in [9.17, 15) is 14.4 Å². The van der Waals surface area contributed by atoms with Crippen LogP contribution in [0.1, 0.15) is 40.6 Å². The number of nitrogens with two attached hydrogens (primary N) is 1. The molecule has 2 N–H and O–H groups in total. The molecule has 6 nitrogen and oxygen atoms in total. The normalized spacial score (nSPS) is 29.5. The van der Waals surface area contributed by atoms with Crippen molar-refractivity contribution in [3.8, 4) is 0 Å². The predicted octanol–water partition coefficient (Wildman–Crippen LogP) is 1.15. The maximum absolute atomic E-state index is 13.1. The van der Waals surface area contributed by atoms with Crippen molar-refractivity contribution >= 4 is 28.2 Å². The molecule has 1 saturated carbocycles. The maximum Gasteiger partial charge on any atom is 0.264 e. The zero-order valence-corrected chi connectivity index (χ0v) is 10.7. The molecule has 2 aromatic rings. The number of hydrogen-bond acceptors (Lipinski definition) is 5. The molecule has 0 amide bonds. The number of benzene rings is 1. The first-order valence-electron chi connectivity index (χ1n) is 9.58. The topological polar surface area (TPSA) is 95.0 Å². The van der Waals surface area contributed by atoms with Gasteiger partial charge < -0.3 is 5.73 Å². The number of fused-ring (bicyclic) bond motifs is 1. The van der Waals surface area contributed by atoms with Crippen LogP contribution in [-0.4, -0.2) is 21.1 Å². The van der Waals surface area contributed by atoms with E-state index in [-0.39, 0.29) is 16.6 Å². The van der Waals surface area contributed by atoms with Gasteiger partial charge in [-0.05, 0) is 25.4 Å². The van der Waals surface area contributed by atoms with Crippen molar-refractivity contribution in [2.45, 2.75) is 32.1 Å². The van der Waals surface area contributed by atoms with Crippen molar-refractivity contribution in [3.63, 3.8) is 0 Å². The number of rotatable bonds is 1. The van der Waals surface area contributed by atoms with Crippen LogP contribution in [0.25, 0.3) is 10.9 Å². The first-order valence-corrected chi connectivity index (χ1v) is 6.08. The van der Waals surface area contributed by atoms with Crippen molar-refractivity contribution in [1.82, 2.24) is 9.55 Å². The molecule has 1 heterocycles. The highest BCUT2D eigenvalue weighted by Gasteiger charge is 2.30. The third-order valence-corrected chi connectivity index (χ3v) is 3.21. The molecule has 1 aliphatic rings. The second-order valence-electron chi connectivity index (χ2n) is 4.59. The molecule has 108 valence electrons. The van der Waals surface area contributed by atoms with E-state index >= 15 is 0 Å². The highest BCUT2D eigenvalue weighted by atomic mass is 16.2. The number of nitrogen functional groups attached to an aromatic ring is 1. The molecule has 0 unspecified atom stereocenters. The number of hydrogen-bond donors (Lipinski definition) is 1. The molecule has 0 spiro atoms. The average molecular weight is 292 g/mol. The van der Waals surface area contributed by atoms with Crippen LogP contribution in [0.5, 0.6) is 0 Å². The first kappa shape index (κ1) is 7.49. The number of carbonyl (C=O) groups excluding carboxylic acids is 2. The van der Waals surface area contributed by atoms with Gasteiger partial charge in [-0.3, -0.25) is 19.0 Å². The summed E-state index contributed by atoms with van der Waals surface area (Å²) in [5, 5.41) is -0.225. The quantitative estimate of drug-likeness (QED) is 0.628. The molecular formula is C15H15N3O3. The lowest BCUT2D eigenvalue weighted by Gasteiger charge is -2.24. The first-order chi connectivity index (χ1) is 12.7. The summed E-state index contributed by atoms with van der Waals surface area (Å²) in [5.74, 6) is -3.29. The van der Waals surface area contributed by atoms with Crippen LogP contribution in [0.2, 0.25) is 0 Å². The molecule has 6 heteroatoms. The van der Waals surface area contributed by atoms with E-state index in [2.05, 4.69) is 4.98 Å². The van der Waals surface area contributed by atoms with E-state index < -0.39 is 55.0 Å². The van der Waals surface area contributed by atoms with Crippen LogP contribution in [-0.2, 0) is 9.59 Å². The maximum atomic E-state index is 13.1. The second kappa shape index (κ2) is 4.80. The molecule has 1 aliphatic carbocycles. The minimum Gasteiger partial charge on any atom is -0.398 e. The van der Waals surface area contributed by atoms with Crippen LogP contribution in [0.3, 0.4) is 0 Å². The zero-order valence-electron chi connectivity index (χ0n) is 17.7. The number of nitrogens with zero attached hydrogens (tertiary/aromatic N) is 2. The van der Waals surface area contributed by atoms with Gasteiger partial charge in [0.15, 0.2) is 5.78 Å². The standard InChI is InChI=1S/C15H15N3O3/c1-8-17-11-4-2-3-10(16)14(11)15(21)18(8)12-6-5-9(19)7-13(12)20/h2-4,12H,5-7,16H2,1H3/t12-/m0/s1/i1D3,5D2,6D2. The van der Waals surface area contributed by atoms with Crippen molar-refractivity contribution in [2.75, 3.05) is 5.73 Å². The molecule has 0 saturated heterocycles. The van der Waals surface area contributed by atoms with Crippen LogP contribution in [0, 0.1) is 6.85 Å². The Morgan fingerprint density at radius 2 is 2.24 bits per heavy atom. The van der Waals surface area contributed by atoms with E-state index in [1.165, 1.54) is 18.2 Å². The fraction of sp³-hybridized carbons (Fsp3) is 0.333. The van der Waals surface area contributed by atoms with E-state index in [0.29, 0.717) is 4.57 Å². The molecule has 1 atom stereocenters. The van der Waals surface area contributed by atoms with Gasteiger partial charge in [0.25, 0.3) is 5.56 Å². The molecule has 0 radical (unpaired) electrons. The minimum atomic E-state index is -3.19. The van der Waals surface area contributed by atoms with E-state index in [1.807, 2.05) is 0 Å². The monoisotopic (exact) mass is 292 g/mol. The zero-order chi connectivity index (χ0) is 21.2. The fourth-order valence-electron chi connectivity index (χ4n) is 2.24. The molecule has 1 aromatic heterocycles. The van der Waals surface area contributed by atoms with Crippen LogP contribution in [0.4, 0.5) is 5.69 Å². The number of aromatic nitrogens is 2. The number of Topliss-reactive ketones (excluding diaryl/α,β-unsaturated/α-hetero) is 2. The lowest BCUT2D eigenvalue weighted by atomic mass is 9.92. The average Bonchev–Trinajstić information content (AvgIpc) is 2.54. The number of aryl methyl sites for hydroxylation is 1. The number of ketones is 2. The Balaban J connectivity index is 2.47. The van der Waals surface area contributed by atoms with Crippen LogP contribution >= 0.6 is 0 Å². The molecular weight excluding hydrogens is 270 g/mol. The fourth-order valence-corrected chi connectivity index (χ4v) is 2.24. The Hall–Kier alpha value is -2.50. The van der Waals surface area contributed by atoms with Crippen molar-refractivity contribution in [3.05, 3.63) is 34.4 Å². The Morgan fingerprint density at radius 1 is 1.43 bits per heavy atom. The van der Waals surface area contributed by atoms with Crippen molar-refractivity contribution < 1.29 is 19.2 Å². The summed E-state index contributed by atoms with van der Waals surface area (Å²) in [4.78, 5) is 41.4. The van der Waals surface area contributed by atoms with Crippen molar-refractivity contribution in [2.24, 2.45) is 0 Å². The van der Waals surface area contributed by atoms with Gasteiger partial charge in [-0.1, -0.05) is 6.07 Å². The summed E-state index contributed by atoms with van der Waals surface area (Å²) >= 11 is 0. The van der Waals surface area contributed by atoms with E-state index in [4.69, 9.17) is 15.3 Å². The Kier molecular flexibility index (Phi) is 1.71. The lowest BCUT2D eigenvalue weighted by molar-refractivity contribution is -0.132. The molecule has 21 heavy (non-hydrogen) atoms. The summed E-state index contributed by atoms with van der Waals surface area (Å²) in [5.41, 5.74) is 4.57. The van der Waals surface area contributed by atoms with Crippen LogP contribution in [0.15, 0.2) is 23.0 Å². The Bertz CT molecular complexity index is 1070. The van der Waals surface area contributed by atoms with Gasteiger partial charge in [-0.15, -0.1) is 0 Å². The smallest absolute Gasteiger partial charge is 0.264 e. The van der Waals surface area contributed by atoms with Gasteiger partial charge in [0.2, 0.25) is 0 Å². The van der Waals surface area contributed by atoms with Gasteiger partial charge in [-0.25, -0.2) is 4.98 Å². The van der Waals surface area contributed by atoms with Gasteiger partial charge in [0.1, 0.15) is 11.6 Å². The highest BCUT2D eigenvalue weighted by molar-refractivity contribution is 6.03. The van der Waals surface area contributed by atoms with Gasteiger partial charge in [0.05, 0.1) is 23.4 Å². The summed E-state index contributed by atoms with van der Waals surface area (Å²) < 4.78 is 55.1. The SMILES string of the molecule is [2H]C([2H])([2H])c1nc2cccc(N)c2c(=O)n1[C@@H]1C(=O)CC(=O)C([2H])([2H])C1([2H])[2H]. The minimum absolute atomic E-state index is 0.0599. The summed E-state index contributed by atoms with van der Waals surface area (Å²) in [6, 6.07) is 1.94. The van der Waals surface area contributed by atoms with Gasteiger partial charge >= 0.3 is 0 Å². The predicted molar refractivity (Wildman–Crippen MR) is 78.1 cm³/mol. The van der Waals surface area contributed by atoms with Gasteiger partial charge in [-0.2, -0.15) is 0 Å². The summed E-state index contributed by atoms with van der Waals surface area (Å²) in [7, 11) is 0. The largest absolute Gasteiger partial charge is 0.398 e. The van der Waals surface area contributed by atoms with E-state index in [0.717, 1.165) is 0 Å². The number of carbonyl (C=O) groups is 2. The molecule has 0 aliphatic heterocycles. The third kappa shape index (κ3) is 2.12. The molecule has 1 fully saturated rings. The van der Waals surface area contributed by atoms with E-state index in [1.54, 1.807) is 0 Å². The van der Waals surface area contributed by atoms with Gasteiger partial charge in [0, 0.05) is 21.7 Å². The Morgan fingerprint density at radius 3 is 3.00 bits per heavy atom. The molecule has 3 rings (SSSR count). The molecule has 1 aromatic carbocycles. The van der Waals surface area contributed by atoms with Crippen molar-refractivity contribution in [1.29, 1.82) is 0 Å². The molecule has 0 bridgehead atoms. The Labute approximate surface area is 130 Å². The number of anilines is 1. The summed E-state index contributed by atoms with van der Waals surface area (Å²) in [6.45, 7) is -3.03. The van der Waals surface area contributed by atoms with Crippen LogP contribution < -0.4 is 11.3 Å². The highest BCUT2D eigenvalue weighted by Crippen LogP contribution is 2.24.